The second-order valence-corrected chi connectivity index (χ2v) is 11.1. The predicted octanol–water partition coefficient (Wildman–Crippen LogP) is 5.90. The van der Waals surface area contributed by atoms with Gasteiger partial charge in [0.05, 0.1) is 16.9 Å². The predicted molar refractivity (Wildman–Crippen MR) is 154 cm³/mol. The quantitative estimate of drug-likeness (QED) is 0.160. The Balaban J connectivity index is 1.75. The number of anilines is 1. The molecule has 3 heterocycles. The molecule has 4 atom stereocenters. The molecule has 0 radical (unpaired) electrons. The van der Waals surface area contributed by atoms with Gasteiger partial charge in [0.2, 0.25) is 11.7 Å². The molecule has 1 saturated heterocycles. The number of benzene rings is 2. The van der Waals surface area contributed by atoms with Crippen LogP contribution in [0.15, 0.2) is 76.5 Å². The number of furan rings is 1. The van der Waals surface area contributed by atoms with Crippen LogP contribution >= 0.6 is 11.3 Å². The van der Waals surface area contributed by atoms with Crippen molar-refractivity contribution >= 4 is 40.4 Å². The summed E-state index contributed by atoms with van der Waals surface area (Å²) in [6.45, 7) is 5.44. The summed E-state index contributed by atoms with van der Waals surface area (Å²) in [4.78, 5) is 54.8. The van der Waals surface area contributed by atoms with E-state index in [1.54, 1.807) is 43.3 Å². The molecule has 3 amide bonds. The van der Waals surface area contributed by atoms with Gasteiger partial charge in [0.25, 0.3) is 5.69 Å². The number of rotatable bonds is 7. The van der Waals surface area contributed by atoms with Crippen molar-refractivity contribution in [1.82, 2.24) is 4.90 Å². The van der Waals surface area contributed by atoms with Crippen molar-refractivity contribution in [1.29, 1.82) is 0 Å². The van der Waals surface area contributed by atoms with Gasteiger partial charge < -0.3 is 20.4 Å². The van der Waals surface area contributed by atoms with Gasteiger partial charge in [0.15, 0.2) is 5.76 Å². The van der Waals surface area contributed by atoms with Crippen molar-refractivity contribution in [2.45, 2.75) is 38.8 Å². The van der Waals surface area contributed by atoms with Gasteiger partial charge in [-0.25, -0.2) is 4.79 Å². The molecule has 4 unspecified atom stereocenters. The van der Waals surface area contributed by atoms with E-state index in [-0.39, 0.29) is 11.4 Å². The molecule has 2 aromatic carbocycles. The molecule has 1 aliphatic rings. The number of non-ortho nitro benzene ring substituents is 1. The summed E-state index contributed by atoms with van der Waals surface area (Å²) in [5.74, 6) is -2.54. The number of thiophene rings is 1. The van der Waals surface area contributed by atoms with Crippen LogP contribution in [0.25, 0.3) is 0 Å². The third-order valence-corrected chi connectivity index (χ3v) is 8.50. The highest BCUT2D eigenvalue weighted by Crippen LogP contribution is 2.53. The van der Waals surface area contributed by atoms with Crippen LogP contribution in [0.4, 0.5) is 16.2 Å². The molecule has 0 bridgehead atoms. The number of nitro benzene ring substituents is 1. The highest BCUT2D eigenvalue weighted by atomic mass is 32.1. The first-order valence-corrected chi connectivity index (χ1v) is 13.8. The van der Waals surface area contributed by atoms with E-state index in [1.807, 2.05) is 31.4 Å². The van der Waals surface area contributed by atoms with E-state index in [2.05, 4.69) is 5.32 Å². The fourth-order valence-corrected chi connectivity index (χ4v) is 6.76. The summed E-state index contributed by atoms with van der Waals surface area (Å²) < 4.78 is 5.71. The minimum Gasteiger partial charge on any atom is -0.458 e. The Bertz CT molecular complexity index is 1660. The molecule has 0 spiro atoms. The van der Waals surface area contributed by atoms with E-state index in [0.717, 1.165) is 16.0 Å². The molecule has 0 aliphatic carbocycles. The van der Waals surface area contributed by atoms with E-state index >= 15 is 0 Å². The number of Topliss-reactive ketones (excluding diaryl/α,β-unsaturated/α-hetero) is 1. The van der Waals surface area contributed by atoms with Crippen molar-refractivity contribution in [3.63, 3.8) is 0 Å². The van der Waals surface area contributed by atoms with Crippen molar-refractivity contribution in [3.8, 4) is 0 Å². The number of ketones is 1. The number of hydrogen-bond acceptors (Lipinski definition) is 7. The fourth-order valence-electron chi connectivity index (χ4n) is 5.65. The Kier molecular flexibility index (Phi) is 7.46. The summed E-state index contributed by atoms with van der Waals surface area (Å²) in [5.41, 5.74) is 8.34. The van der Waals surface area contributed by atoms with Gasteiger partial charge in [0, 0.05) is 28.6 Å². The first-order chi connectivity index (χ1) is 19.6. The van der Waals surface area contributed by atoms with Gasteiger partial charge in [-0.15, -0.1) is 11.3 Å². The highest BCUT2D eigenvalue weighted by Gasteiger charge is 2.58. The van der Waals surface area contributed by atoms with Crippen molar-refractivity contribution in [2.24, 2.45) is 11.7 Å². The largest absolute Gasteiger partial charge is 0.458 e. The number of nitrogens with two attached hydrogens (primary N) is 1. The molecule has 11 heteroatoms. The van der Waals surface area contributed by atoms with Gasteiger partial charge in [-0.3, -0.25) is 19.7 Å². The Morgan fingerprint density at radius 2 is 1.78 bits per heavy atom. The lowest BCUT2D eigenvalue weighted by molar-refractivity contribution is -0.385. The number of urea groups is 1. The maximum Gasteiger partial charge on any atom is 0.323 e. The number of likely N-dealkylation sites (tertiary alicyclic amines) is 1. The molecule has 2 aromatic heterocycles. The average Bonchev–Trinajstić information content (AvgIpc) is 3.64. The zero-order valence-electron chi connectivity index (χ0n) is 22.6. The van der Waals surface area contributed by atoms with Gasteiger partial charge >= 0.3 is 6.03 Å². The van der Waals surface area contributed by atoms with E-state index in [4.69, 9.17) is 10.2 Å². The van der Waals surface area contributed by atoms with E-state index in [0.29, 0.717) is 17.0 Å². The van der Waals surface area contributed by atoms with E-state index < -0.39 is 46.6 Å². The summed E-state index contributed by atoms with van der Waals surface area (Å²) in [5, 5.41) is 16.4. The first-order valence-electron chi connectivity index (χ1n) is 12.9. The standard InChI is InChI=1S/C30H28N4O6S/c1-16-6-4-8-20(14-16)32-30(37)33-25(19-7-5-9-21(15-19)34(38)39)23(27(35)22-11-10-18(3)40-22)24(26(33)29(31)36)28-17(2)12-13-41-28/h4-15,23-26H,1-3H3,(H2,31,36)(H,32,37). The molecule has 3 N–H and O–H groups in total. The van der Waals surface area contributed by atoms with Crippen LogP contribution in [0.1, 0.15) is 49.8 Å². The zero-order valence-corrected chi connectivity index (χ0v) is 23.4. The second-order valence-electron chi connectivity index (χ2n) is 10.1. The normalized spacial score (nSPS) is 20.1. The number of nitrogens with one attached hydrogen (secondary N) is 1. The third-order valence-electron chi connectivity index (χ3n) is 7.37. The second kappa shape index (κ2) is 11.0. The summed E-state index contributed by atoms with van der Waals surface area (Å²) in [6, 6.07) is 15.0. The molecule has 5 rings (SSSR count). The Labute approximate surface area is 239 Å². The lowest BCUT2D eigenvalue weighted by Crippen LogP contribution is -2.48. The minimum absolute atomic E-state index is 0.0614. The molecule has 41 heavy (non-hydrogen) atoms. The number of carbonyl (C=O) groups excluding carboxylic acids is 3. The average molecular weight is 573 g/mol. The zero-order chi connectivity index (χ0) is 29.4. The summed E-state index contributed by atoms with van der Waals surface area (Å²) in [6.07, 6.45) is 0. The van der Waals surface area contributed by atoms with Gasteiger partial charge in [-0.1, -0.05) is 24.3 Å². The molecule has 10 nitrogen and oxygen atoms in total. The van der Waals surface area contributed by atoms with Crippen LogP contribution in [0.2, 0.25) is 0 Å². The number of nitrogens with zero attached hydrogens (tertiary/aromatic N) is 2. The number of aryl methyl sites for hydroxylation is 3. The lowest BCUT2D eigenvalue weighted by Gasteiger charge is -2.30. The van der Waals surface area contributed by atoms with Crippen molar-refractivity contribution in [3.05, 3.63) is 115 Å². The van der Waals surface area contributed by atoms with Crippen LogP contribution in [0.3, 0.4) is 0 Å². The Morgan fingerprint density at radius 3 is 2.39 bits per heavy atom. The van der Waals surface area contributed by atoms with Gasteiger partial charge in [-0.2, -0.15) is 0 Å². The molecular formula is C30H28N4O6S. The van der Waals surface area contributed by atoms with Crippen LogP contribution in [0.5, 0.6) is 0 Å². The Hall–Kier alpha value is -4.77. The summed E-state index contributed by atoms with van der Waals surface area (Å²) >= 11 is 1.36. The first kappa shape index (κ1) is 27.8. The third kappa shape index (κ3) is 5.23. The molecule has 1 fully saturated rings. The van der Waals surface area contributed by atoms with E-state index in [9.17, 15) is 24.5 Å². The number of primary amides is 1. The maximum atomic E-state index is 14.3. The monoisotopic (exact) mass is 572 g/mol. The summed E-state index contributed by atoms with van der Waals surface area (Å²) in [7, 11) is 0. The maximum absolute atomic E-state index is 14.3. The van der Waals surface area contributed by atoms with Crippen LogP contribution in [-0.2, 0) is 4.79 Å². The van der Waals surface area contributed by atoms with Crippen molar-refractivity contribution in [2.75, 3.05) is 5.32 Å². The van der Waals surface area contributed by atoms with Gasteiger partial charge in [0.1, 0.15) is 11.8 Å². The SMILES string of the molecule is Cc1cccc(NC(=O)N2C(C(N)=O)C(c3sccc3C)C(C(=O)c3ccc(C)o3)C2c2cccc([N+](=O)[O-])c2)c1. The highest BCUT2D eigenvalue weighted by molar-refractivity contribution is 7.10. The van der Waals surface area contributed by atoms with E-state index in [1.165, 1.54) is 34.4 Å². The van der Waals surface area contributed by atoms with Crippen LogP contribution in [0, 0.1) is 36.8 Å². The molecular weight excluding hydrogens is 544 g/mol. The minimum atomic E-state index is -1.24. The smallest absolute Gasteiger partial charge is 0.323 e. The topological polar surface area (TPSA) is 149 Å². The molecule has 210 valence electrons. The molecule has 1 aliphatic heterocycles. The molecule has 4 aromatic rings. The number of carbonyl (C=O) groups is 3. The molecule has 0 saturated carbocycles. The Morgan fingerprint density at radius 1 is 1.02 bits per heavy atom. The number of nitro groups is 1. The lowest BCUT2D eigenvalue weighted by atomic mass is 9.79. The van der Waals surface area contributed by atoms with Gasteiger partial charge in [-0.05, 0) is 73.2 Å². The van der Waals surface area contributed by atoms with Crippen LogP contribution in [-0.4, -0.2) is 33.6 Å². The number of amides is 3. The number of hydrogen-bond donors (Lipinski definition) is 2. The fraction of sp³-hybridized carbons (Fsp3) is 0.233. The van der Waals surface area contributed by atoms with Crippen LogP contribution < -0.4 is 11.1 Å². The van der Waals surface area contributed by atoms with Crippen molar-refractivity contribution < 1.29 is 23.7 Å².